The van der Waals surface area contributed by atoms with Gasteiger partial charge in [0.1, 0.15) is 0 Å². The molecule has 0 aliphatic heterocycles. The molecule has 0 aromatic heterocycles. The molecule has 0 N–H and O–H groups in total. The summed E-state index contributed by atoms with van der Waals surface area (Å²) in [6.45, 7) is 2.26. The third-order valence-corrected chi connectivity index (χ3v) is 1.57. The minimum Gasteiger partial charge on any atom is -0.234 e. The minimum atomic E-state index is -6.13. The van der Waals surface area contributed by atoms with Gasteiger partial charge in [-0.25, -0.2) is 8.78 Å². The van der Waals surface area contributed by atoms with Gasteiger partial charge in [-0.05, 0) is 6.08 Å². The fraction of sp³-hybridized carbons (Fsp3) is 0.714. The molecule has 16 heavy (non-hydrogen) atoms. The van der Waals surface area contributed by atoms with Crippen LogP contribution in [0, 0.1) is 0 Å². The lowest BCUT2D eigenvalue weighted by Gasteiger charge is -2.28. The van der Waals surface area contributed by atoms with Crippen LogP contribution in [0.4, 0.5) is 39.5 Å². The van der Waals surface area contributed by atoms with Crippen LogP contribution in [0.2, 0.25) is 0 Å². The molecular formula is C7H5F9. The summed E-state index contributed by atoms with van der Waals surface area (Å²) in [5, 5.41) is 0. The fourth-order valence-corrected chi connectivity index (χ4v) is 0.707. The number of alkyl halides is 9. The Morgan fingerprint density at radius 3 is 1.44 bits per heavy atom. The molecule has 0 saturated carbocycles. The third kappa shape index (κ3) is 2.82. The summed E-state index contributed by atoms with van der Waals surface area (Å²) >= 11 is 0. The predicted molar refractivity (Wildman–Crippen MR) is 35.9 cm³/mol. The molecule has 0 fully saturated rings. The molecule has 0 radical (unpaired) electrons. The van der Waals surface area contributed by atoms with E-state index in [1.54, 1.807) is 0 Å². The van der Waals surface area contributed by atoms with Crippen molar-refractivity contribution in [2.24, 2.45) is 0 Å². The van der Waals surface area contributed by atoms with Crippen molar-refractivity contribution >= 4 is 0 Å². The van der Waals surface area contributed by atoms with Gasteiger partial charge in [0.15, 0.2) is 0 Å². The quantitative estimate of drug-likeness (QED) is 0.534. The summed E-state index contributed by atoms with van der Waals surface area (Å²) in [4.78, 5) is 0. The SMILES string of the molecule is C=CC(F)(F)C(F)C(F)(F)C(F)C(F)(F)F. The number of rotatable bonds is 4. The summed E-state index contributed by atoms with van der Waals surface area (Å²) in [6.07, 6.45) is -16.4. The van der Waals surface area contributed by atoms with Crippen LogP contribution in [-0.2, 0) is 0 Å². The van der Waals surface area contributed by atoms with E-state index in [-0.39, 0.29) is 0 Å². The van der Waals surface area contributed by atoms with Gasteiger partial charge in [-0.3, -0.25) is 0 Å². The van der Waals surface area contributed by atoms with Crippen molar-refractivity contribution < 1.29 is 39.5 Å². The smallest absolute Gasteiger partial charge is 0.234 e. The highest BCUT2D eigenvalue weighted by molar-refractivity contribution is 5.03. The van der Waals surface area contributed by atoms with E-state index in [9.17, 15) is 39.5 Å². The van der Waals surface area contributed by atoms with Gasteiger partial charge < -0.3 is 0 Å². The van der Waals surface area contributed by atoms with Crippen LogP contribution in [0.1, 0.15) is 0 Å². The molecule has 0 aliphatic carbocycles. The molecule has 0 bridgehead atoms. The number of hydrogen-bond donors (Lipinski definition) is 0. The summed E-state index contributed by atoms with van der Waals surface area (Å²) in [5.41, 5.74) is 0. The van der Waals surface area contributed by atoms with Crippen molar-refractivity contribution in [1.82, 2.24) is 0 Å². The molecule has 0 saturated heterocycles. The Hall–Kier alpha value is -0.890. The number of hydrogen-bond acceptors (Lipinski definition) is 0. The standard InChI is InChI=1S/C7H5F9/c1-2-5(10,11)3(8)6(12,13)4(9)7(14,15)16/h2-4H,1H2. The van der Waals surface area contributed by atoms with Crippen LogP contribution in [0.15, 0.2) is 12.7 Å². The van der Waals surface area contributed by atoms with E-state index in [1.807, 2.05) is 0 Å². The van der Waals surface area contributed by atoms with E-state index in [2.05, 4.69) is 6.58 Å². The van der Waals surface area contributed by atoms with Gasteiger partial charge in [-0.15, -0.1) is 0 Å². The van der Waals surface area contributed by atoms with E-state index in [0.29, 0.717) is 0 Å². The molecule has 9 heteroatoms. The monoisotopic (exact) mass is 260 g/mol. The highest BCUT2D eigenvalue weighted by atomic mass is 19.4. The second-order valence-corrected chi connectivity index (χ2v) is 2.82. The molecule has 0 rings (SSSR count). The van der Waals surface area contributed by atoms with Gasteiger partial charge in [0.2, 0.25) is 6.17 Å². The molecule has 0 aliphatic rings. The number of allylic oxidation sites excluding steroid dienone is 1. The zero-order valence-electron chi connectivity index (χ0n) is 7.34. The van der Waals surface area contributed by atoms with Crippen LogP contribution < -0.4 is 0 Å². The van der Waals surface area contributed by atoms with E-state index >= 15 is 0 Å². The first-order valence-corrected chi connectivity index (χ1v) is 3.61. The lowest BCUT2D eigenvalue weighted by Crippen LogP contribution is -2.53. The first-order valence-electron chi connectivity index (χ1n) is 3.61. The Morgan fingerprint density at radius 1 is 0.812 bits per heavy atom. The maximum absolute atomic E-state index is 12.4. The zero-order valence-corrected chi connectivity index (χ0v) is 7.34. The van der Waals surface area contributed by atoms with Gasteiger partial charge in [-0.1, -0.05) is 6.58 Å². The summed E-state index contributed by atoms with van der Waals surface area (Å²) in [5.74, 6) is -10.9. The third-order valence-electron chi connectivity index (χ3n) is 1.57. The van der Waals surface area contributed by atoms with E-state index in [0.717, 1.165) is 0 Å². The van der Waals surface area contributed by atoms with Gasteiger partial charge in [-0.2, -0.15) is 30.7 Å². The molecule has 96 valence electrons. The van der Waals surface area contributed by atoms with Crippen LogP contribution in [0.5, 0.6) is 0 Å². The Bertz CT molecular complexity index is 253. The van der Waals surface area contributed by atoms with Gasteiger partial charge in [0.05, 0.1) is 0 Å². The lowest BCUT2D eigenvalue weighted by molar-refractivity contribution is -0.276. The molecule has 2 unspecified atom stereocenters. The average molecular weight is 260 g/mol. The zero-order chi connectivity index (χ0) is 13.4. The van der Waals surface area contributed by atoms with Crippen molar-refractivity contribution in [1.29, 1.82) is 0 Å². The largest absolute Gasteiger partial charge is 0.425 e. The summed E-state index contributed by atoms with van der Waals surface area (Å²) in [7, 11) is 0. The molecular weight excluding hydrogens is 255 g/mol. The van der Waals surface area contributed by atoms with Crippen molar-refractivity contribution in [2.45, 2.75) is 30.4 Å². The molecule has 2 atom stereocenters. The van der Waals surface area contributed by atoms with Crippen LogP contribution in [0.3, 0.4) is 0 Å². The molecule has 0 aromatic rings. The highest BCUT2D eigenvalue weighted by Gasteiger charge is 2.66. The maximum Gasteiger partial charge on any atom is 0.425 e. The first-order chi connectivity index (χ1) is 6.87. The minimum absolute atomic E-state index is 0.616. The van der Waals surface area contributed by atoms with E-state index in [1.165, 1.54) is 0 Å². The maximum atomic E-state index is 12.4. The highest BCUT2D eigenvalue weighted by Crippen LogP contribution is 2.43. The number of halogens is 9. The van der Waals surface area contributed by atoms with Gasteiger partial charge in [0, 0.05) is 0 Å². The molecule has 0 heterocycles. The normalized spacial score (nSPS) is 18.1. The summed E-state index contributed by atoms with van der Waals surface area (Å²) < 4.78 is 108. The van der Waals surface area contributed by atoms with E-state index < -0.39 is 36.4 Å². The molecule has 0 nitrogen and oxygen atoms in total. The fourth-order valence-electron chi connectivity index (χ4n) is 0.707. The molecule has 0 spiro atoms. The van der Waals surface area contributed by atoms with Gasteiger partial charge in [0.25, 0.3) is 6.17 Å². The van der Waals surface area contributed by atoms with Gasteiger partial charge >= 0.3 is 18.0 Å². The Morgan fingerprint density at radius 2 is 1.19 bits per heavy atom. The van der Waals surface area contributed by atoms with Crippen LogP contribution in [-0.4, -0.2) is 30.4 Å². The second-order valence-electron chi connectivity index (χ2n) is 2.82. The Balaban J connectivity index is 5.14. The lowest BCUT2D eigenvalue weighted by atomic mass is 10.0. The molecule has 0 aromatic carbocycles. The first kappa shape index (κ1) is 15.1. The van der Waals surface area contributed by atoms with Crippen LogP contribution in [0.25, 0.3) is 0 Å². The molecule has 0 amide bonds. The topological polar surface area (TPSA) is 0 Å². The summed E-state index contributed by atoms with van der Waals surface area (Å²) in [6, 6.07) is 0. The van der Waals surface area contributed by atoms with Crippen molar-refractivity contribution in [3.63, 3.8) is 0 Å². The second kappa shape index (κ2) is 4.17. The van der Waals surface area contributed by atoms with Crippen molar-refractivity contribution in [2.75, 3.05) is 0 Å². The average Bonchev–Trinajstić information content (AvgIpc) is 2.13. The predicted octanol–water partition coefficient (Wildman–Crippen LogP) is 3.68. The van der Waals surface area contributed by atoms with Crippen molar-refractivity contribution in [3.8, 4) is 0 Å². The Kier molecular flexibility index (Phi) is 3.94. The van der Waals surface area contributed by atoms with E-state index in [4.69, 9.17) is 0 Å². The Labute approximate surface area is 83.7 Å². The van der Waals surface area contributed by atoms with Crippen molar-refractivity contribution in [3.05, 3.63) is 12.7 Å². The van der Waals surface area contributed by atoms with Crippen LogP contribution >= 0.6 is 0 Å².